The molecule has 0 spiro atoms. The van der Waals surface area contributed by atoms with Crippen LogP contribution in [0.1, 0.15) is 11.3 Å². The van der Waals surface area contributed by atoms with E-state index in [9.17, 15) is 10.1 Å². The van der Waals surface area contributed by atoms with Crippen LogP contribution in [0.5, 0.6) is 11.6 Å². The summed E-state index contributed by atoms with van der Waals surface area (Å²) in [4.78, 5) is 25.7. The van der Waals surface area contributed by atoms with E-state index in [2.05, 4.69) is 30.6 Å². The van der Waals surface area contributed by atoms with Crippen LogP contribution in [0.25, 0.3) is 22.6 Å². The number of aromatic nitrogens is 6. The maximum absolute atomic E-state index is 15.1. The van der Waals surface area contributed by atoms with Crippen molar-refractivity contribution < 1.29 is 18.7 Å². The molecule has 0 saturated carbocycles. The lowest BCUT2D eigenvalue weighted by molar-refractivity contribution is -0.118. The molecule has 40 heavy (non-hydrogen) atoms. The van der Waals surface area contributed by atoms with Crippen LogP contribution in [-0.4, -0.2) is 49.6 Å². The van der Waals surface area contributed by atoms with Crippen molar-refractivity contribution in [1.29, 1.82) is 5.26 Å². The van der Waals surface area contributed by atoms with E-state index >= 15 is 4.39 Å². The quantitative estimate of drug-likeness (QED) is 0.297. The normalized spacial score (nSPS) is 10.5. The highest BCUT2D eigenvalue weighted by atomic mass is 19.1. The number of ether oxygens (including phenoxy) is 2. The highest BCUT2D eigenvalue weighted by molar-refractivity contribution is 5.90. The van der Waals surface area contributed by atoms with E-state index in [0.29, 0.717) is 29.6 Å². The molecule has 1 amide bonds. The number of hydrogen-bond donors (Lipinski definition) is 1. The molecule has 11 nitrogen and oxygen atoms in total. The van der Waals surface area contributed by atoms with Gasteiger partial charge in [0.05, 0.1) is 42.5 Å². The molecule has 0 unspecified atom stereocenters. The number of nitrogens with zero attached hydrogens (tertiary/aromatic N) is 7. The summed E-state index contributed by atoms with van der Waals surface area (Å²) < 4.78 is 27.3. The summed E-state index contributed by atoms with van der Waals surface area (Å²) in [5.74, 6) is -0.375. The fraction of sp³-hybridized carbons (Fsp3) is 0.107. The minimum absolute atomic E-state index is 0.0618. The zero-order chi connectivity index (χ0) is 27.9. The molecular weight excluding hydrogens is 515 g/mol. The van der Waals surface area contributed by atoms with Crippen LogP contribution in [0.2, 0.25) is 0 Å². The number of benzene rings is 2. The molecule has 0 bridgehead atoms. The van der Waals surface area contributed by atoms with Gasteiger partial charge < -0.3 is 9.47 Å². The van der Waals surface area contributed by atoms with E-state index in [-0.39, 0.29) is 35.1 Å². The molecule has 5 aromatic rings. The van der Waals surface area contributed by atoms with Crippen LogP contribution >= 0.6 is 0 Å². The Bertz CT molecular complexity index is 1700. The van der Waals surface area contributed by atoms with Crippen molar-refractivity contribution in [2.45, 2.75) is 6.54 Å². The van der Waals surface area contributed by atoms with Crippen LogP contribution in [0.4, 0.5) is 10.3 Å². The summed E-state index contributed by atoms with van der Waals surface area (Å²) in [6.45, 7) is 0.0103. The van der Waals surface area contributed by atoms with E-state index in [4.69, 9.17) is 9.47 Å². The van der Waals surface area contributed by atoms with Gasteiger partial charge in [-0.3, -0.25) is 10.1 Å². The Labute approximate surface area is 227 Å². The number of nitriles is 1. The molecule has 0 atom stereocenters. The number of para-hydroxylation sites is 1. The number of hydrogen-bond acceptors (Lipinski definition) is 9. The van der Waals surface area contributed by atoms with Gasteiger partial charge in [-0.2, -0.15) is 5.26 Å². The van der Waals surface area contributed by atoms with Crippen LogP contribution in [-0.2, 0) is 11.3 Å². The lowest BCUT2D eigenvalue weighted by atomic mass is 10.1. The predicted molar refractivity (Wildman–Crippen MR) is 142 cm³/mol. The van der Waals surface area contributed by atoms with Gasteiger partial charge in [0.25, 0.3) is 5.91 Å². The molecule has 198 valence electrons. The number of pyridine rings is 1. The highest BCUT2D eigenvalue weighted by Crippen LogP contribution is 2.27. The SMILES string of the molecule is COc1cccc(Cn2cc(-c3cc(-c4cccc(C#N)c4F)nc(NC(=O)COc4ccccc4)n3)nn2)n1. The monoisotopic (exact) mass is 536 g/mol. The van der Waals surface area contributed by atoms with Gasteiger partial charge in [-0.05, 0) is 36.4 Å². The molecular formula is C28H21FN8O3. The predicted octanol–water partition coefficient (Wildman–Crippen LogP) is 3.88. The van der Waals surface area contributed by atoms with Gasteiger partial charge in [0.1, 0.15) is 23.3 Å². The maximum atomic E-state index is 15.1. The largest absolute Gasteiger partial charge is 0.484 e. The standard InChI is InChI=1S/C28H21FN8O3/c1-39-26-12-6-8-19(31-26)15-37-16-24(35-36-37)23-13-22(21-11-5-7-18(14-30)27(21)29)32-28(33-23)34-25(38)17-40-20-9-3-2-4-10-20/h2-13,16H,15,17H2,1H3,(H,32,33,34,38). The van der Waals surface area contributed by atoms with Gasteiger partial charge in [0.15, 0.2) is 6.61 Å². The third-order valence-corrected chi connectivity index (χ3v) is 5.60. The van der Waals surface area contributed by atoms with Crippen molar-refractivity contribution >= 4 is 11.9 Å². The minimum atomic E-state index is -0.743. The van der Waals surface area contributed by atoms with E-state index in [1.807, 2.05) is 24.3 Å². The van der Waals surface area contributed by atoms with Crippen LogP contribution in [0, 0.1) is 17.1 Å². The Morgan fingerprint density at radius 3 is 2.60 bits per heavy atom. The molecule has 0 saturated heterocycles. The van der Waals surface area contributed by atoms with Gasteiger partial charge >= 0.3 is 0 Å². The lowest BCUT2D eigenvalue weighted by Gasteiger charge is -2.10. The van der Waals surface area contributed by atoms with Crippen LogP contribution in [0.15, 0.2) is 79.0 Å². The number of carbonyl (C=O) groups excluding carboxylic acids is 1. The van der Waals surface area contributed by atoms with Gasteiger partial charge in [0.2, 0.25) is 11.8 Å². The van der Waals surface area contributed by atoms with Gasteiger partial charge in [0, 0.05) is 11.6 Å². The third-order valence-electron chi connectivity index (χ3n) is 5.60. The summed E-state index contributed by atoms with van der Waals surface area (Å²) in [5, 5.41) is 20.2. The van der Waals surface area contributed by atoms with E-state index in [1.165, 1.54) is 25.3 Å². The zero-order valence-electron chi connectivity index (χ0n) is 21.2. The van der Waals surface area contributed by atoms with Crippen molar-refractivity contribution in [3.8, 4) is 40.3 Å². The first-order valence-corrected chi connectivity index (χ1v) is 12.0. The third kappa shape index (κ3) is 6.05. The topological polar surface area (TPSA) is 141 Å². The number of anilines is 1. The van der Waals surface area contributed by atoms with E-state index in [1.54, 1.807) is 47.3 Å². The molecule has 5 rings (SSSR count). The first-order chi connectivity index (χ1) is 19.5. The summed E-state index contributed by atoms with van der Waals surface area (Å²) >= 11 is 0. The van der Waals surface area contributed by atoms with Gasteiger partial charge in [-0.15, -0.1) is 5.10 Å². The van der Waals surface area contributed by atoms with Crippen molar-refractivity contribution in [2.24, 2.45) is 0 Å². The second kappa shape index (κ2) is 11.8. The van der Waals surface area contributed by atoms with Crippen molar-refractivity contribution in [3.05, 3.63) is 96.1 Å². The zero-order valence-corrected chi connectivity index (χ0v) is 21.2. The molecule has 0 fully saturated rings. The Morgan fingerprint density at radius 1 is 1.00 bits per heavy atom. The minimum Gasteiger partial charge on any atom is -0.484 e. The van der Waals surface area contributed by atoms with Crippen LogP contribution in [0.3, 0.4) is 0 Å². The van der Waals surface area contributed by atoms with E-state index < -0.39 is 11.7 Å². The van der Waals surface area contributed by atoms with E-state index in [0.717, 1.165) is 0 Å². The average molecular weight is 537 g/mol. The van der Waals surface area contributed by atoms with Crippen molar-refractivity contribution in [2.75, 3.05) is 19.0 Å². The summed E-state index contributed by atoms with van der Waals surface area (Å²) in [6.07, 6.45) is 1.64. The van der Waals surface area contributed by atoms with Gasteiger partial charge in [-0.1, -0.05) is 35.5 Å². The number of amides is 1. The Morgan fingerprint density at radius 2 is 1.80 bits per heavy atom. The Kier molecular flexibility index (Phi) is 7.64. The summed E-state index contributed by atoms with van der Waals surface area (Å²) in [6, 6.07) is 21.9. The van der Waals surface area contributed by atoms with Gasteiger partial charge in [-0.25, -0.2) is 24.0 Å². The molecule has 3 aromatic heterocycles. The fourth-order valence-corrected chi connectivity index (χ4v) is 3.73. The molecule has 0 radical (unpaired) electrons. The molecule has 0 aliphatic carbocycles. The summed E-state index contributed by atoms with van der Waals surface area (Å²) in [5.41, 5.74) is 1.38. The highest BCUT2D eigenvalue weighted by Gasteiger charge is 2.17. The first-order valence-electron chi connectivity index (χ1n) is 12.0. The second-order valence-electron chi connectivity index (χ2n) is 8.36. The molecule has 0 aliphatic rings. The van der Waals surface area contributed by atoms with Crippen molar-refractivity contribution in [1.82, 2.24) is 29.9 Å². The number of carbonyl (C=O) groups is 1. The average Bonchev–Trinajstić information content (AvgIpc) is 3.45. The molecule has 1 N–H and O–H groups in total. The second-order valence-corrected chi connectivity index (χ2v) is 8.36. The van der Waals surface area contributed by atoms with Crippen LogP contribution < -0.4 is 14.8 Å². The van der Waals surface area contributed by atoms with Crippen molar-refractivity contribution in [3.63, 3.8) is 0 Å². The summed E-state index contributed by atoms with van der Waals surface area (Å²) in [7, 11) is 1.53. The number of nitrogens with one attached hydrogen (secondary N) is 1. The fourth-order valence-electron chi connectivity index (χ4n) is 3.73. The number of methoxy groups -OCH3 is 1. The Hall–Kier alpha value is -5.70. The maximum Gasteiger partial charge on any atom is 0.264 e. The number of rotatable bonds is 9. The molecule has 12 heteroatoms. The Balaban J connectivity index is 1.45. The molecule has 0 aliphatic heterocycles. The number of halogens is 1. The lowest BCUT2D eigenvalue weighted by Crippen LogP contribution is -2.21. The smallest absolute Gasteiger partial charge is 0.264 e. The first kappa shape index (κ1) is 25.9. The molecule has 2 aromatic carbocycles. The molecule has 3 heterocycles.